The van der Waals surface area contributed by atoms with Gasteiger partial charge in [0.05, 0.1) is 11.1 Å². The van der Waals surface area contributed by atoms with Crippen molar-refractivity contribution < 1.29 is 34.4 Å². The second-order valence-corrected chi connectivity index (χ2v) is 11.1. The molecule has 2 saturated carbocycles. The fourth-order valence-electron chi connectivity index (χ4n) is 7.25. The number of aromatic nitrogens is 2. The lowest BCUT2D eigenvalue weighted by atomic mass is 9.55. The quantitative estimate of drug-likeness (QED) is 0.340. The van der Waals surface area contributed by atoms with Crippen molar-refractivity contribution in [3.63, 3.8) is 0 Å². The standard InChI is InChI=1S/C30H30N2O7/c1-28-11-10-23-22-9-7-21(33)14-18(22)6-8-24(23)25(28)15-29(36,38-26(34)19-4-2-12-31-16-19)30(28,37)39-27(35)20-5-3-13-32-17-20/h2-5,7,9,12-14,16-17,23-25,33,36-37H,6,8,10-11,15H2,1H3/t23-,24-,25+,28+,29+,30+/m1/s1. The number of esters is 2. The Morgan fingerprint density at radius 3 is 2.26 bits per heavy atom. The van der Waals surface area contributed by atoms with Crippen LogP contribution in [0.5, 0.6) is 5.75 Å². The summed E-state index contributed by atoms with van der Waals surface area (Å²) < 4.78 is 11.4. The highest BCUT2D eigenvalue weighted by atomic mass is 16.7. The molecule has 6 atom stereocenters. The van der Waals surface area contributed by atoms with Gasteiger partial charge in [-0.15, -0.1) is 0 Å². The average Bonchev–Trinajstić information content (AvgIpc) is 3.11. The largest absolute Gasteiger partial charge is 0.508 e. The van der Waals surface area contributed by atoms with Crippen molar-refractivity contribution in [2.45, 2.75) is 56.5 Å². The molecule has 3 aromatic rings. The Balaban J connectivity index is 1.40. The molecule has 2 heterocycles. The van der Waals surface area contributed by atoms with Crippen LogP contribution >= 0.6 is 0 Å². The summed E-state index contributed by atoms with van der Waals surface area (Å²) in [6, 6.07) is 11.5. The number of pyridine rings is 2. The molecular weight excluding hydrogens is 500 g/mol. The number of aryl methyl sites for hydroxylation is 1. The molecule has 0 aliphatic heterocycles. The van der Waals surface area contributed by atoms with Crippen LogP contribution < -0.4 is 0 Å². The van der Waals surface area contributed by atoms with Gasteiger partial charge in [-0.05, 0) is 91.0 Å². The van der Waals surface area contributed by atoms with Crippen LogP contribution in [-0.2, 0) is 15.9 Å². The second-order valence-electron chi connectivity index (χ2n) is 11.1. The summed E-state index contributed by atoms with van der Waals surface area (Å²) in [5, 5.41) is 34.3. The van der Waals surface area contributed by atoms with E-state index in [-0.39, 0.29) is 41.1 Å². The predicted octanol–water partition coefficient (Wildman–Crippen LogP) is 3.74. The number of rotatable bonds is 4. The fourth-order valence-corrected chi connectivity index (χ4v) is 7.25. The molecule has 3 N–H and O–H groups in total. The first-order chi connectivity index (χ1) is 18.7. The maximum atomic E-state index is 13.2. The molecule has 2 aromatic heterocycles. The van der Waals surface area contributed by atoms with E-state index in [0.717, 1.165) is 24.0 Å². The summed E-state index contributed by atoms with van der Waals surface area (Å²) in [4.78, 5) is 34.3. The molecule has 0 bridgehead atoms. The molecule has 0 radical (unpaired) electrons. The van der Waals surface area contributed by atoms with Crippen molar-refractivity contribution in [3.8, 4) is 5.75 Å². The summed E-state index contributed by atoms with van der Waals surface area (Å²) >= 11 is 0. The number of aliphatic hydroxyl groups is 2. The number of phenolic OH excluding ortho intramolecular Hbond substituents is 1. The molecule has 9 heteroatoms. The first-order valence-corrected chi connectivity index (χ1v) is 13.2. The Kier molecular flexibility index (Phi) is 5.96. The first-order valence-electron chi connectivity index (χ1n) is 13.2. The maximum Gasteiger partial charge on any atom is 0.342 e. The topological polar surface area (TPSA) is 139 Å². The van der Waals surface area contributed by atoms with Crippen LogP contribution in [0.2, 0.25) is 0 Å². The van der Waals surface area contributed by atoms with Crippen molar-refractivity contribution in [1.29, 1.82) is 0 Å². The Labute approximate surface area is 225 Å². The number of carbonyl (C=O) groups is 2. The molecule has 0 unspecified atom stereocenters. The summed E-state index contributed by atoms with van der Waals surface area (Å²) in [5.74, 6) is -6.77. The van der Waals surface area contributed by atoms with Crippen molar-refractivity contribution in [1.82, 2.24) is 9.97 Å². The number of carbonyl (C=O) groups excluding carboxylic acids is 2. The van der Waals surface area contributed by atoms with E-state index >= 15 is 0 Å². The van der Waals surface area contributed by atoms with Gasteiger partial charge < -0.3 is 24.8 Å². The van der Waals surface area contributed by atoms with Gasteiger partial charge in [-0.25, -0.2) is 9.59 Å². The van der Waals surface area contributed by atoms with E-state index in [9.17, 15) is 24.9 Å². The van der Waals surface area contributed by atoms with E-state index < -0.39 is 28.9 Å². The van der Waals surface area contributed by atoms with Crippen LogP contribution in [0.15, 0.2) is 67.3 Å². The zero-order valence-electron chi connectivity index (χ0n) is 21.5. The lowest BCUT2D eigenvalue weighted by molar-refractivity contribution is -0.366. The minimum atomic E-state index is -2.53. The molecule has 39 heavy (non-hydrogen) atoms. The van der Waals surface area contributed by atoms with Crippen LogP contribution in [-0.4, -0.2) is 48.8 Å². The molecular formula is C30H30N2O7. The van der Waals surface area contributed by atoms with Crippen molar-refractivity contribution in [2.24, 2.45) is 17.3 Å². The van der Waals surface area contributed by atoms with Crippen LogP contribution in [0.3, 0.4) is 0 Å². The monoisotopic (exact) mass is 530 g/mol. The normalized spacial score (nSPS) is 32.8. The van der Waals surface area contributed by atoms with Crippen LogP contribution in [0.4, 0.5) is 0 Å². The van der Waals surface area contributed by atoms with Gasteiger partial charge in [0.2, 0.25) is 0 Å². The molecule has 1 aromatic carbocycles. The molecule has 0 amide bonds. The number of benzene rings is 1. The fraction of sp³-hybridized carbons (Fsp3) is 0.400. The number of aromatic hydroxyl groups is 1. The molecule has 202 valence electrons. The Morgan fingerprint density at radius 1 is 0.949 bits per heavy atom. The number of nitrogens with zero attached hydrogens (tertiary/aromatic N) is 2. The van der Waals surface area contributed by atoms with Crippen LogP contribution in [0.1, 0.15) is 70.4 Å². The van der Waals surface area contributed by atoms with Crippen LogP contribution in [0.25, 0.3) is 0 Å². The summed E-state index contributed by atoms with van der Waals surface area (Å²) in [6.07, 6.45) is 8.05. The Morgan fingerprint density at radius 2 is 1.62 bits per heavy atom. The van der Waals surface area contributed by atoms with Crippen molar-refractivity contribution in [2.75, 3.05) is 0 Å². The summed E-state index contributed by atoms with van der Waals surface area (Å²) in [7, 11) is 0. The van der Waals surface area contributed by atoms with Crippen molar-refractivity contribution in [3.05, 3.63) is 89.5 Å². The van der Waals surface area contributed by atoms with Gasteiger partial charge in [0.15, 0.2) is 0 Å². The summed E-state index contributed by atoms with van der Waals surface area (Å²) in [5.41, 5.74) is 1.30. The zero-order chi connectivity index (χ0) is 27.4. The van der Waals surface area contributed by atoms with Gasteiger partial charge in [0.25, 0.3) is 11.6 Å². The van der Waals surface area contributed by atoms with Gasteiger partial charge in [0, 0.05) is 36.6 Å². The van der Waals surface area contributed by atoms with E-state index in [2.05, 4.69) is 9.97 Å². The number of fused-ring (bicyclic) bond motifs is 5. The molecule has 2 fully saturated rings. The predicted molar refractivity (Wildman–Crippen MR) is 137 cm³/mol. The van der Waals surface area contributed by atoms with E-state index in [1.54, 1.807) is 31.2 Å². The molecule has 0 saturated heterocycles. The van der Waals surface area contributed by atoms with Gasteiger partial charge in [0.1, 0.15) is 5.75 Å². The lowest BCUT2D eigenvalue weighted by Crippen LogP contribution is -2.63. The number of hydrogen-bond donors (Lipinski definition) is 3. The third kappa shape index (κ3) is 3.91. The van der Waals surface area contributed by atoms with Crippen molar-refractivity contribution >= 4 is 11.9 Å². The Bertz CT molecular complexity index is 1420. The second kappa shape index (κ2) is 9.14. The zero-order valence-corrected chi connectivity index (χ0v) is 21.5. The smallest absolute Gasteiger partial charge is 0.342 e. The summed E-state index contributed by atoms with van der Waals surface area (Å²) in [6.45, 7) is 1.80. The maximum absolute atomic E-state index is 13.2. The van der Waals surface area contributed by atoms with Gasteiger partial charge in [-0.2, -0.15) is 0 Å². The van der Waals surface area contributed by atoms with Gasteiger partial charge in [-0.1, -0.05) is 13.0 Å². The SMILES string of the molecule is C[C@]12CC[C@@H]3c4ccc(O)cc4CC[C@H]3[C@@H]1C[C@](O)(OC(=O)c1cccnc1)[C@@]2(O)OC(=O)c1cccnc1. The van der Waals surface area contributed by atoms with E-state index in [4.69, 9.17) is 9.47 Å². The van der Waals surface area contributed by atoms with E-state index in [1.165, 1.54) is 36.9 Å². The molecule has 3 aliphatic rings. The molecule has 0 spiro atoms. The van der Waals surface area contributed by atoms with Crippen LogP contribution in [0, 0.1) is 17.3 Å². The van der Waals surface area contributed by atoms with E-state index in [1.807, 2.05) is 6.07 Å². The average molecular weight is 531 g/mol. The van der Waals surface area contributed by atoms with E-state index in [0.29, 0.717) is 12.8 Å². The molecule has 9 nitrogen and oxygen atoms in total. The highest BCUT2D eigenvalue weighted by Gasteiger charge is 2.77. The molecule has 6 rings (SSSR count). The number of ether oxygens (including phenoxy) is 2. The third-order valence-corrected chi connectivity index (χ3v) is 9.20. The Hall–Kier alpha value is -3.82. The third-order valence-electron chi connectivity index (χ3n) is 9.20. The minimum Gasteiger partial charge on any atom is -0.508 e. The number of phenols is 1. The highest BCUT2D eigenvalue weighted by molar-refractivity contribution is 5.90. The highest BCUT2D eigenvalue weighted by Crippen LogP contribution is 2.67. The number of hydrogen-bond acceptors (Lipinski definition) is 9. The van der Waals surface area contributed by atoms with Gasteiger partial charge in [-0.3, -0.25) is 9.97 Å². The first kappa shape index (κ1) is 25.5. The molecule has 3 aliphatic carbocycles. The lowest BCUT2D eigenvalue weighted by Gasteiger charge is -2.52. The van der Waals surface area contributed by atoms with Gasteiger partial charge >= 0.3 is 11.9 Å². The minimum absolute atomic E-state index is 0.0236.